The molecule has 0 aliphatic carbocycles. The van der Waals surface area contributed by atoms with Crippen molar-refractivity contribution >= 4 is 45.4 Å². The molecular formula is C26H22F4N6O4S. The Labute approximate surface area is 232 Å². The highest BCUT2D eigenvalue weighted by molar-refractivity contribution is 7.99. The molecule has 1 atom stereocenters. The molecule has 1 saturated heterocycles. The van der Waals surface area contributed by atoms with Crippen LogP contribution in [-0.4, -0.2) is 73.5 Å². The normalized spacial score (nSPS) is 17.7. The number of rotatable bonds is 3. The maximum atomic E-state index is 14.8. The van der Waals surface area contributed by atoms with Crippen LogP contribution in [0.4, 0.5) is 23.4 Å². The summed E-state index contributed by atoms with van der Waals surface area (Å²) in [5, 5.41) is 10.6. The predicted octanol–water partition coefficient (Wildman–Crippen LogP) is 2.69. The van der Waals surface area contributed by atoms with E-state index in [-0.39, 0.29) is 88.2 Å². The molecule has 4 heterocycles. The summed E-state index contributed by atoms with van der Waals surface area (Å²) in [6.45, 7) is 4.19. The van der Waals surface area contributed by atoms with Gasteiger partial charge in [0.1, 0.15) is 17.2 Å². The summed E-state index contributed by atoms with van der Waals surface area (Å²) < 4.78 is 60.2. The van der Waals surface area contributed by atoms with E-state index in [2.05, 4.69) is 21.5 Å². The molecule has 0 spiro atoms. The minimum Gasteiger partial charge on any atom is -0.390 e. The molecule has 4 aromatic rings. The van der Waals surface area contributed by atoms with E-state index in [9.17, 15) is 37.1 Å². The van der Waals surface area contributed by atoms with E-state index in [0.717, 1.165) is 34.5 Å². The van der Waals surface area contributed by atoms with Crippen molar-refractivity contribution in [1.29, 1.82) is 0 Å². The molecule has 1 fully saturated rings. The summed E-state index contributed by atoms with van der Waals surface area (Å²) in [5.74, 6) is -1.12. The number of fused-ring (bicyclic) bond motifs is 1. The van der Waals surface area contributed by atoms with E-state index < -0.39 is 35.0 Å². The number of imidazole rings is 1. The SMILES string of the molecule is C=CC(=O)N1CCN(c2nc(=O)n3c4c(c(-c5ccc(F)c6[nH]c(=O)[nH]c56)c(C(F)(F)F)cc24)SCC(O)C3)CC1. The monoisotopic (exact) mass is 590 g/mol. The lowest BCUT2D eigenvalue weighted by Gasteiger charge is -2.35. The Kier molecular flexibility index (Phi) is 6.45. The molecule has 1 unspecified atom stereocenters. The largest absolute Gasteiger partial charge is 0.417 e. The maximum Gasteiger partial charge on any atom is 0.417 e. The topological polar surface area (TPSA) is 127 Å². The van der Waals surface area contributed by atoms with Crippen molar-refractivity contribution in [3.8, 4) is 11.1 Å². The number of anilines is 1. The molecule has 6 rings (SSSR count). The number of hydrogen-bond donors (Lipinski definition) is 3. The van der Waals surface area contributed by atoms with Crippen molar-refractivity contribution in [2.45, 2.75) is 23.7 Å². The number of halogens is 4. The highest BCUT2D eigenvalue weighted by Crippen LogP contribution is 2.49. The fourth-order valence-electron chi connectivity index (χ4n) is 5.44. The lowest BCUT2D eigenvalue weighted by Crippen LogP contribution is -2.49. The van der Waals surface area contributed by atoms with Crippen LogP contribution in [0.25, 0.3) is 33.1 Å². The first kappa shape index (κ1) is 27.1. The van der Waals surface area contributed by atoms with Gasteiger partial charge in [0.05, 0.1) is 29.2 Å². The molecule has 41 heavy (non-hydrogen) atoms. The smallest absolute Gasteiger partial charge is 0.390 e. The summed E-state index contributed by atoms with van der Waals surface area (Å²) in [4.78, 5) is 49.5. The van der Waals surface area contributed by atoms with Gasteiger partial charge in [-0.15, -0.1) is 11.8 Å². The Morgan fingerprint density at radius 1 is 1.15 bits per heavy atom. The Bertz CT molecular complexity index is 1860. The van der Waals surface area contributed by atoms with Gasteiger partial charge in [0.15, 0.2) is 0 Å². The number of alkyl halides is 3. The highest BCUT2D eigenvalue weighted by atomic mass is 32.2. The second kappa shape index (κ2) is 9.76. The first-order valence-electron chi connectivity index (χ1n) is 12.5. The number of carbonyl (C=O) groups excluding carboxylic acids is 1. The fourth-order valence-corrected chi connectivity index (χ4v) is 6.63. The van der Waals surface area contributed by atoms with Crippen molar-refractivity contribution < 1.29 is 27.5 Å². The van der Waals surface area contributed by atoms with Gasteiger partial charge in [-0.25, -0.2) is 14.0 Å². The van der Waals surface area contributed by atoms with Crippen molar-refractivity contribution in [1.82, 2.24) is 24.4 Å². The van der Waals surface area contributed by atoms with Crippen LogP contribution in [0, 0.1) is 5.82 Å². The molecule has 1 amide bonds. The van der Waals surface area contributed by atoms with Crippen LogP contribution in [-0.2, 0) is 17.5 Å². The second-order valence-corrected chi connectivity index (χ2v) is 10.8. The number of nitrogens with one attached hydrogen (secondary N) is 2. The third-order valence-electron chi connectivity index (χ3n) is 7.28. The van der Waals surface area contributed by atoms with E-state index >= 15 is 0 Å². The van der Waals surface area contributed by atoms with E-state index in [0.29, 0.717) is 0 Å². The number of aliphatic hydroxyl groups is 1. The van der Waals surface area contributed by atoms with Crippen molar-refractivity contribution in [2.24, 2.45) is 0 Å². The van der Waals surface area contributed by atoms with Crippen LogP contribution < -0.4 is 16.3 Å². The quantitative estimate of drug-likeness (QED) is 0.247. The summed E-state index contributed by atoms with van der Waals surface area (Å²) >= 11 is 0.937. The minimum absolute atomic E-state index is 0.0292. The van der Waals surface area contributed by atoms with Crippen LogP contribution in [0.2, 0.25) is 0 Å². The molecule has 2 aliphatic rings. The number of piperazine rings is 1. The molecule has 2 aliphatic heterocycles. The van der Waals surface area contributed by atoms with Crippen LogP contribution in [0.5, 0.6) is 0 Å². The predicted molar refractivity (Wildman–Crippen MR) is 145 cm³/mol. The first-order valence-corrected chi connectivity index (χ1v) is 13.5. The number of aromatic nitrogens is 4. The van der Waals surface area contributed by atoms with Crippen LogP contribution in [0.3, 0.4) is 0 Å². The number of H-pyrrole nitrogens is 2. The van der Waals surface area contributed by atoms with E-state index in [4.69, 9.17) is 0 Å². The van der Waals surface area contributed by atoms with Gasteiger partial charge < -0.3 is 24.9 Å². The number of aromatic amines is 2. The summed E-state index contributed by atoms with van der Waals surface area (Å²) in [5.41, 5.74) is -3.38. The van der Waals surface area contributed by atoms with Crippen LogP contribution >= 0.6 is 11.8 Å². The summed E-state index contributed by atoms with van der Waals surface area (Å²) in [6, 6.07) is 3.02. The van der Waals surface area contributed by atoms with Crippen LogP contribution in [0.1, 0.15) is 5.56 Å². The zero-order valence-corrected chi connectivity index (χ0v) is 22.0. The van der Waals surface area contributed by atoms with Crippen molar-refractivity contribution in [2.75, 3.05) is 36.8 Å². The number of amides is 1. The average molecular weight is 591 g/mol. The summed E-state index contributed by atoms with van der Waals surface area (Å²) in [6.07, 6.45) is -4.80. The molecule has 214 valence electrons. The molecule has 2 aromatic heterocycles. The number of benzene rings is 2. The number of hydrogen-bond acceptors (Lipinski definition) is 7. The molecule has 15 heteroatoms. The zero-order chi connectivity index (χ0) is 29.2. The summed E-state index contributed by atoms with van der Waals surface area (Å²) in [7, 11) is 0. The van der Waals surface area contributed by atoms with E-state index in [1.165, 1.54) is 11.0 Å². The van der Waals surface area contributed by atoms with E-state index in [1.54, 1.807) is 4.90 Å². The van der Waals surface area contributed by atoms with Gasteiger partial charge in [-0.2, -0.15) is 18.2 Å². The van der Waals surface area contributed by atoms with Crippen LogP contribution in [0.15, 0.2) is 45.3 Å². The number of nitrogens with zero attached hydrogens (tertiary/aromatic N) is 4. The Balaban J connectivity index is 1.68. The molecule has 2 aromatic carbocycles. The lowest BCUT2D eigenvalue weighted by molar-refractivity contribution is -0.137. The molecular weight excluding hydrogens is 568 g/mol. The first-order chi connectivity index (χ1) is 19.5. The van der Waals surface area contributed by atoms with Gasteiger partial charge in [-0.3, -0.25) is 9.36 Å². The average Bonchev–Trinajstić information content (AvgIpc) is 3.25. The van der Waals surface area contributed by atoms with Gasteiger partial charge in [0, 0.05) is 53.3 Å². The standard InChI is InChI=1S/C26H22F4N6O4S/c1-2-17(38)34-5-7-35(8-6-34)23-14-9-15(26(28,29)30)18(13-3-4-16(27)20-19(13)31-24(39)32-20)22-21(14)36(25(40)33-23)10-12(37)11-41-22/h2-4,9,12,37H,1,5-8,10-11H2,(H2,31,32,39). The third-order valence-corrected chi connectivity index (χ3v) is 8.52. The molecule has 10 nitrogen and oxygen atoms in total. The van der Waals surface area contributed by atoms with Gasteiger partial charge >= 0.3 is 17.6 Å². The highest BCUT2D eigenvalue weighted by Gasteiger charge is 2.39. The molecule has 3 N–H and O–H groups in total. The number of thioether (sulfide) groups is 1. The molecule has 0 saturated carbocycles. The van der Waals surface area contributed by atoms with Gasteiger partial charge in [0.25, 0.3) is 0 Å². The second-order valence-electron chi connectivity index (χ2n) is 9.76. The van der Waals surface area contributed by atoms with Gasteiger partial charge in [-0.1, -0.05) is 6.58 Å². The third kappa shape index (κ3) is 4.48. The lowest BCUT2D eigenvalue weighted by atomic mass is 9.95. The number of carbonyl (C=O) groups is 1. The maximum absolute atomic E-state index is 14.8. The van der Waals surface area contributed by atoms with Crippen molar-refractivity contribution in [3.63, 3.8) is 0 Å². The molecule has 0 radical (unpaired) electrons. The molecule has 0 bridgehead atoms. The number of aliphatic hydroxyl groups excluding tert-OH is 1. The van der Waals surface area contributed by atoms with Gasteiger partial charge in [-0.05, 0) is 24.3 Å². The Morgan fingerprint density at radius 2 is 1.85 bits per heavy atom. The minimum atomic E-state index is -4.91. The van der Waals surface area contributed by atoms with Crippen molar-refractivity contribution in [3.05, 3.63) is 63.2 Å². The zero-order valence-electron chi connectivity index (χ0n) is 21.2. The Morgan fingerprint density at radius 3 is 2.54 bits per heavy atom. The fraction of sp³-hybridized carbons (Fsp3) is 0.308. The Hall–Kier alpha value is -4.11. The van der Waals surface area contributed by atoms with E-state index in [1.807, 2.05) is 0 Å². The van der Waals surface area contributed by atoms with Gasteiger partial charge in [0.2, 0.25) is 5.91 Å².